The summed E-state index contributed by atoms with van der Waals surface area (Å²) >= 11 is 8.65. The van der Waals surface area contributed by atoms with Crippen LogP contribution in [0, 0.1) is 0 Å². The van der Waals surface area contributed by atoms with E-state index in [4.69, 9.17) is 16.7 Å². The van der Waals surface area contributed by atoms with Gasteiger partial charge >= 0.3 is 0 Å². The fourth-order valence-electron chi connectivity index (χ4n) is 0.159. The van der Waals surface area contributed by atoms with Gasteiger partial charge in [-0.2, -0.15) is 0 Å². The van der Waals surface area contributed by atoms with Gasteiger partial charge in [-0.25, -0.2) is 5.43 Å². The second-order valence-electron chi connectivity index (χ2n) is 1.13. The molecule has 0 aliphatic carbocycles. The minimum atomic E-state index is -0.247. The monoisotopic (exact) mass is 166 g/mol. The van der Waals surface area contributed by atoms with Crippen molar-refractivity contribution in [3.63, 3.8) is 0 Å². The fourth-order valence-corrected chi connectivity index (χ4v) is 0.292. The summed E-state index contributed by atoms with van der Waals surface area (Å²) in [5.74, 6) is 0. The molecule has 0 spiro atoms. The van der Waals surface area contributed by atoms with Crippen LogP contribution in [0.4, 0.5) is 0 Å². The molecule has 0 bridgehead atoms. The molecule has 0 radical (unpaired) electrons. The molecule has 0 aromatic heterocycles. The van der Waals surface area contributed by atoms with Crippen molar-refractivity contribution in [1.29, 1.82) is 0 Å². The Labute approximate surface area is 62.5 Å². The van der Waals surface area contributed by atoms with Crippen molar-refractivity contribution in [2.45, 2.75) is 0 Å². The highest BCUT2D eigenvalue weighted by Crippen LogP contribution is 1.71. The average molecular weight is 166 g/mol. The second kappa shape index (κ2) is 3.38. The van der Waals surface area contributed by atoms with E-state index in [0.717, 1.165) is 0 Å². The van der Waals surface area contributed by atoms with Crippen LogP contribution in [-0.2, 0) is 0 Å². The number of nitrogens with two attached hydrogens (primary N) is 2. The largest absolute Gasteiger partial charge is 0.375 e. The Hall–Kier alpha value is -0.660. The first kappa shape index (κ1) is 8.34. The molecule has 0 rings (SSSR count). The molecular formula is C2H6N4OS2. The number of nitrogens with one attached hydrogen (secondary N) is 1. The minimum Gasteiger partial charge on any atom is -0.375 e. The number of thiocarbonyl (C=S) groups is 2. The molecule has 0 heterocycles. The minimum absolute atomic E-state index is 0.106. The van der Waals surface area contributed by atoms with Crippen LogP contribution >= 0.6 is 24.4 Å². The maximum absolute atomic E-state index is 8.59. The summed E-state index contributed by atoms with van der Waals surface area (Å²) in [5, 5.41) is 8.59. The van der Waals surface area contributed by atoms with Gasteiger partial charge in [0.25, 0.3) is 0 Å². The molecule has 0 aromatic carbocycles. The van der Waals surface area contributed by atoms with Crippen LogP contribution in [0.25, 0.3) is 0 Å². The summed E-state index contributed by atoms with van der Waals surface area (Å²) < 4.78 is 0. The Morgan fingerprint density at radius 3 is 2.00 bits per heavy atom. The van der Waals surface area contributed by atoms with Crippen molar-refractivity contribution in [1.82, 2.24) is 10.6 Å². The van der Waals surface area contributed by atoms with Gasteiger partial charge in [0.2, 0.25) is 5.11 Å². The summed E-state index contributed by atoms with van der Waals surface area (Å²) in [6.07, 6.45) is 0. The average Bonchev–Trinajstić information content (AvgIpc) is 1.63. The highest BCUT2D eigenvalue weighted by Gasteiger charge is 1.98. The van der Waals surface area contributed by atoms with Gasteiger partial charge in [-0.3, -0.25) is 5.21 Å². The van der Waals surface area contributed by atoms with Gasteiger partial charge in [-0.05, 0) is 24.4 Å². The zero-order valence-electron chi connectivity index (χ0n) is 4.37. The maximum Gasteiger partial charge on any atom is 0.213 e. The number of rotatable bonds is 0. The van der Waals surface area contributed by atoms with E-state index >= 15 is 0 Å². The van der Waals surface area contributed by atoms with E-state index in [1.54, 1.807) is 0 Å². The molecule has 0 fully saturated rings. The molecule has 0 aliphatic rings. The van der Waals surface area contributed by atoms with Gasteiger partial charge in [-0.1, -0.05) is 0 Å². The molecule has 52 valence electrons. The third-order valence-corrected chi connectivity index (χ3v) is 0.689. The van der Waals surface area contributed by atoms with Crippen molar-refractivity contribution < 1.29 is 5.21 Å². The number of nitrogens with zero attached hydrogens (tertiary/aromatic N) is 1. The van der Waals surface area contributed by atoms with Crippen LogP contribution in [0.1, 0.15) is 0 Å². The van der Waals surface area contributed by atoms with E-state index in [-0.39, 0.29) is 10.2 Å². The lowest BCUT2D eigenvalue weighted by molar-refractivity contribution is -0.0395. The highest BCUT2D eigenvalue weighted by molar-refractivity contribution is 7.80. The van der Waals surface area contributed by atoms with Crippen LogP contribution in [0.15, 0.2) is 0 Å². The third kappa shape index (κ3) is 3.88. The molecule has 0 saturated carbocycles. The Balaban J connectivity index is 3.63. The van der Waals surface area contributed by atoms with Crippen molar-refractivity contribution >= 4 is 34.7 Å². The Morgan fingerprint density at radius 1 is 1.44 bits per heavy atom. The summed E-state index contributed by atoms with van der Waals surface area (Å²) in [6, 6.07) is 0. The van der Waals surface area contributed by atoms with Gasteiger partial charge in [-0.15, -0.1) is 5.17 Å². The van der Waals surface area contributed by atoms with E-state index in [1.807, 2.05) is 0 Å². The van der Waals surface area contributed by atoms with Gasteiger partial charge in [0.1, 0.15) is 0 Å². The molecule has 5 nitrogen and oxygen atoms in total. The van der Waals surface area contributed by atoms with E-state index in [0.29, 0.717) is 5.17 Å². The van der Waals surface area contributed by atoms with Crippen LogP contribution in [-0.4, -0.2) is 20.6 Å². The zero-order chi connectivity index (χ0) is 7.44. The molecule has 0 unspecified atom stereocenters. The highest BCUT2D eigenvalue weighted by atomic mass is 32.1. The van der Waals surface area contributed by atoms with Gasteiger partial charge < -0.3 is 11.5 Å². The van der Waals surface area contributed by atoms with Crippen LogP contribution < -0.4 is 16.9 Å². The summed E-state index contributed by atoms with van der Waals surface area (Å²) in [4.78, 5) is 0. The second-order valence-corrected chi connectivity index (χ2v) is 1.98. The first-order valence-corrected chi connectivity index (χ1v) is 2.70. The molecule has 0 amide bonds. The van der Waals surface area contributed by atoms with Crippen LogP contribution in [0.2, 0.25) is 0 Å². The maximum atomic E-state index is 8.59. The summed E-state index contributed by atoms with van der Waals surface area (Å²) in [7, 11) is 0. The number of hydrogen-bond donors (Lipinski definition) is 4. The summed E-state index contributed by atoms with van der Waals surface area (Å²) in [5.41, 5.74) is 11.9. The van der Waals surface area contributed by atoms with Gasteiger partial charge in [0.15, 0.2) is 5.11 Å². The van der Waals surface area contributed by atoms with Crippen molar-refractivity contribution in [2.24, 2.45) is 11.5 Å². The van der Waals surface area contributed by atoms with Crippen LogP contribution in [0.3, 0.4) is 0 Å². The lowest BCUT2D eigenvalue weighted by Gasteiger charge is -2.13. The molecular weight excluding hydrogens is 160 g/mol. The predicted molar refractivity (Wildman–Crippen MR) is 40.3 cm³/mol. The normalized spacial score (nSPS) is 8.11. The molecule has 0 saturated heterocycles. The molecule has 0 aromatic rings. The lowest BCUT2D eigenvalue weighted by Crippen LogP contribution is -2.48. The molecule has 6 N–H and O–H groups in total. The standard InChI is InChI=1S/C2H6N4OS2/c3-1(8)5-6(7)2(4)9/h7H,(H2,4,9)(H3,3,5,8). The topological polar surface area (TPSA) is 87.5 Å². The molecule has 7 heteroatoms. The first-order chi connectivity index (χ1) is 4.04. The lowest BCUT2D eigenvalue weighted by atomic mass is 11.1. The van der Waals surface area contributed by atoms with Gasteiger partial charge in [0, 0.05) is 0 Å². The summed E-state index contributed by atoms with van der Waals surface area (Å²) in [6.45, 7) is 0. The molecule has 0 aliphatic heterocycles. The SMILES string of the molecule is NC(=S)NN(O)C(N)=S. The zero-order valence-corrected chi connectivity index (χ0v) is 6.00. The van der Waals surface area contributed by atoms with Gasteiger partial charge in [0.05, 0.1) is 0 Å². The van der Waals surface area contributed by atoms with E-state index in [1.165, 1.54) is 0 Å². The number of hydrazine groups is 1. The first-order valence-electron chi connectivity index (χ1n) is 1.88. The smallest absolute Gasteiger partial charge is 0.213 e. The van der Waals surface area contributed by atoms with E-state index in [2.05, 4.69) is 29.9 Å². The number of hydroxylamine groups is 1. The molecule has 0 atom stereocenters. The van der Waals surface area contributed by atoms with Crippen LogP contribution in [0.5, 0.6) is 0 Å². The predicted octanol–water partition coefficient (Wildman–Crippen LogP) is -1.33. The number of hydrogen-bond acceptors (Lipinski definition) is 3. The van der Waals surface area contributed by atoms with E-state index in [9.17, 15) is 0 Å². The van der Waals surface area contributed by atoms with Crippen molar-refractivity contribution in [3.8, 4) is 0 Å². The fraction of sp³-hybridized carbons (Fsp3) is 0. The Bertz CT molecular complexity index is 137. The molecule has 9 heavy (non-hydrogen) atoms. The third-order valence-electron chi connectivity index (χ3n) is 0.425. The van der Waals surface area contributed by atoms with Crippen molar-refractivity contribution in [3.05, 3.63) is 0 Å². The van der Waals surface area contributed by atoms with Crippen molar-refractivity contribution in [2.75, 3.05) is 0 Å². The quantitative estimate of drug-likeness (QED) is 0.262. The Morgan fingerprint density at radius 2 is 1.89 bits per heavy atom. The Kier molecular flexibility index (Phi) is 3.13. The van der Waals surface area contributed by atoms with E-state index < -0.39 is 0 Å².